The van der Waals surface area contributed by atoms with Gasteiger partial charge in [0.1, 0.15) is 11.8 Å². The number of aliphatic hydroxyl groups is 1. The van der Waals surface area contributed by atoms with Gasteiger partial charge in [-0.25, -0.2) is 0 Å². The van der Waals surface area contributed by atoms with E-state index in [1.807, 2.05) is 12.1 Å². The van der Waals surface area contributed by atoms with Crippen LogP contribution in [0, 0.1) is 0 Å². The molecule has 1 atom stereocenters. The van der Waals surface area contributed by atoms with Gasteiger partial charge < -0.3 is 5.11 Å². The van der Waals surface area contributed by atoms with Gasteiger partial charge >= 0.3 is 0 Å². The molecule has 4 heteroatoms. The Hall–Kier alpha value is -1.26. The zero-order chi connectivity index (χ0) is 11.4. The van der Waals surface area contributed by atoms with E-state index in [-0.39, 0.29) is 0 Å². The van der Waals surface area contributed by atoms with Gasteiger partial charge in [0.25, 0.3) is 0 Å². The minimum Gasteiger partial charge on any atom is -0.382 e. The van der Waals surface area contributed by atoms with E-state index in [0.29, 0.717) is 5.69 Å². The van der Waals surface area contributed by atoms with Gasteiger partial charge in [-0.1, -0.05) is 37.6 Å². The second kappa shape index (κ2) is 5.18. The molecule has 2 rings (SSSR count). The van der Waals surface area contributed by atoms with Crippen molar-refractivity contribution in [2.45, 2.75) is 25.9 Å². The zero-order valence-corrected chi connectivity index (χ0v) is 9.94. The first-order chi connectivity index (χ1) is 7.81. The molecular formula is C12H14N2OS. The second-order valence-corrected chi connectivity index (χ2v) is 4.28. The summed E-state index contributed by atoms with van der Waals surface area (Å²) in [5.74, 6) is 0. The standard InChI is InChI=1S/C12H14N2OS/c1-2-3-9-4-6-10(7-5-9)12(15)11-8-13-16-14-11/h4-8,12,15H,2-3H2,1H3. The van der Waals surface area contributed by atoms with Crippen LogP contribution in [-0.2, 0) is 6.42 Å². The number of nitrogens with zero attached hydrogens (tertiary/aromatic N) is 2. The van der Waals surface area contributed by atoms with Gasteiger partial charge in [-0.2, -0.15) is 8.75 Å². The fourth-order valence-electron chi connectivity index (χ4n) is 1.62. The molecule has 1 unspecified atom stereocenters. The van der Waals surface area contributed by atoms with E-state index in [1.54, 1.807) is 6.20 Å². The van der Waals surface area contributed by atoms with Crippen molar-refractivity contribution in [3.8, 4) is 0 Å². The van der Waals surface area contributed by atoms with E-state index in [9.17, 15) is 5.11 Å². The van der Waals surface area contributed by atoms with E-state index >= 15 is 0 Å². The summed E-state index contributed by atoms with van der Waals surface area (Å²) in [6, 6.07) is 8.02. The highest BCUT2D eigenvalue weighted by atomic mass is 32.1. The Morgan fingerprint density at radius 1 is 1.31 bits per heavy atom. The van der Waals surface area contributed by atoms with Crippen molar-refractivity contribution in [2.24, 2.45) is 0 Å². The fraction of sp³-hybridized carbons (Fsp3) is 0.333. The minimum atomic E-state index is -0.658. The molecule has 1 heterocycles. The maximum absolute atomic E-state index is 10.0. The highest BCUT2D eigenvalue weighted by molar-refractivity contribution is 6.99. The number of hydrogen-bond acceptors (Lipinski definition) is 4. The van der Waals surface area contributed by atoms with Crippen molar-refractivity contribution in [2.75, 3.05) is 0 Å². The van der Waals surface area contributed by atoms with Gasteiger partial charge in [-0.3, -0.25) is 0 Å². The van der Waals surface area contributed by atoms with Gasteiger partial charge in [-0.15, -0.1) is 0 Å². The molecular weight excluding hydrogens is 220 g/mol. The largest absolute Gasteiger partial charge is 0.382 e. The predicted octanol–water partition coefficient (Wildman–Crippen LogP) is 2.57. The first-order valence-corrected chi connectivity index (χ1v) is 6.08. The predicted molar refractivity (Wildman–Crippen MR) is 64.4 cm³/mol. The number of aromatic nitrogens is 2. The molecule has 0 spiro atoms. The number of hydrogen-bond donors (Lipinski definition) is 1. The van der Waals surface area contributed by atoms with Crippen LogP contribution in [0.15, 0.2) is 30.5 Å². The van der Waals surface area contributed by atoms with Crippen LogP contribution >= 0.6 is 11.7 Å². The van der Waals surface area contributed by atoms with Crippen molar-refractivity contribution < 1.29 is 5.11 Å². The summed E-state index contributed by atoms with van der Waals surface area (Å²) in [5.41, 5.74) is 2.79. The molecule has 3 nitrogen and oxygen atoms in total. The summed E-state index contributed by atoms with van der Waals surface area (Å²) >= 11 is 1.11. The lowest BCUT2D eigenvalue weighted by Gasteiger charge is -2.08. The summed E-state index contributed by atoms with van der Waals surface area (Å²) in [5, 5.41) is 10.0. The SMILES string of the molecule is CCCc1ccc(C(O)c2cnsn2)cc1. The Labute approximate surface area is 99.1 Å². The number of aryl methyl sites for hydroxylation is 1. The van der Waals surface area contributed by atoms with Gasteiger partial charge in [0.2, 0.25) is 0 Å². The number of benzene rings is 1. The Balaban J connectivity index is 2.15. The highest BCUT2D eigenvalue weighted by Crippen LogP contribution is 2.20. The third-order valence-electron chi connectivity index (χ3n) is 2.49. The van der Waals surface area contributed by atoms with Crippen LogP contribution in [0.5, 0.6) is 0 Å². The van der Waals surface area contributed by atoms with Crippen LogP contribution in [0.4, 0.5) is 0 Å². The fourth-order valence-corrected chi connectivity index (χ4v) is 2.06. The molecule has 0 amide bonds. The molecule has 0 aliphatic rings. The third kappa shape index (κ3) is 2.46. The van der Waals surface area contributed by atoms with Crippen LogP contribution in [0.3, 0.4) is 0 Å². The molecule has 1 aromatic heterocycles. The molecule has 0 saturated heterocycles. The summed E-state index contributed by atoms with van der Waals surface area (Å²) in [4.78, 5) is 0. The van der Waals surface area contributed by atoms with Gasteiger partial charge in [0.15, 0.2) is 0 Å². The van der Waals surface area contributed by atoms with Crippen LogP contribution in [0.2, 0.25) is 0 Å². The second-order valence-electron chi connectivity index (χ2n) is 3.73. The van der Waals surface area contributed by atoms with Crippen molar-refractivity contribution >= 4 is 11.7 Å². The molecule has 0 radical (unpaired) electrons. The Morgan fingerprint density at radius 2 is 2.06 bits per heavy atom. The third-order valence-corrected chi connectivity index (χ3v) is 2.98. The van der Waals surface area contributed by atoms with E-state index in [0.717, 1.165) is 30.1 Å². The van der Waals surface area contributed by atoms with Crippen LogP contribution in [-0.4, -0.2) is 13.9 Å². The zero-order valence-electron chi connectivity index (χ0n) is 9.13. The molecule has 1 aromatic carbocycles. The molecule has 0 bridgehead atoms. The lowest BCUT2D eigenvalue weighted by molar-refractivity contribution is 0.216. The lowest BCUT2D eigenvalue weighted by Crippen LogP contribution is -1.99. The van der Waals surface area contributed by atoms with E-state index < -0.39 is 6.10 Å². The first-order valence-electron chi connectivity index (χ1n) is 5.35. The average Bonchev–Trinajstić information content (AvgIpc) is 2.83. The lowest BCUT2D eigenvalue weighted by atomic mass is 10.0. The molecule has 84 valence electrons. The molecule has 0 aliphatic heterocycles. The minimum absolute atomic E-state index is 0.619. The summed E-state index contributed by atoms with van der Waals surface area (Å²) in [6.45, 7) is 2.16. The first kappa shape index (κ1) is 11.2. The van der Waals surface area contributed by atoms with E-state index in [4.69, 9.17) is 0 Å². The molecule has 0 fully saturated rings. The van der Waals surface area contributed by atoms with E-state index in [1.165, 1.54) is 5.56 Å². The maximum Gasteiger partial charge on any atom is 0.124 e. The van der Waals surface area contributed by atoms with Gasteiger partial charge in [0.05, 0.1) is 17.9 Å². The molecule has 2 aromatic rings. The van der Waals surface area contributed by atoms with Gasteiger partial charge in [-0.05, 0) is 17.5 Å². The van der Waals surface area contributed by atoms with Crippen LogP contribution < -0.4 is 0 Å². The van der Waals surface area contributed by atoms with Gasteiger partial charge in [0, 0.05) is 0 Å². The summed E-state index contributed by atoms with van der Waals surface area (Å²) in [7, 11) is 0. The normalized spacial score (nSPS) is 12.6. The van der Waals surface area contributed by atoms with Crippen molar-refractivity contribution in [3.05, 3.63) is 47.3 Å². The maximum atomic E-state index is 10.0. The Bertz CT molecular complexity index is 425. The van der Waals surface area contributed by atoms with Crippen molar-refractivity contribution in [1.82, 2.24) is 8.75 Å². The topological polar surface area (TPSA) is 46.0 Å². The molecule has 1 N–H and O–H groups in total. The summed E-state index contributed by atoms with van der Waals surface area (Å²) in [6.07, 6.45) is 3.16. The molecule has 16 heavy (non-hydrogen) atoms. The average molecular weight is 234 g/mol. The van der Waals surface area contributed by atoms with Crippen LogP contribution in [0.25, 0.3) is 0 Å². The molecule has 0 saturated carbocycles. The van der Waals surface area contributed by atoms with E-state index in [2.05, 4.69) is 27.8 Å². The summed E-state index contributed by atoms with van der Waals surface area (Å²) < 4.78 is 7.92. The number of rotatable bonds is 4. The smallest absolute Gasteiger partial charge is 0.124 e. The quantitative estimate of drug-likeness (QED) is 0.884. The monoisotopic (exact) mass is 234 g/mol. The highest BCUT2D eigenvalue weighted by Gasteiger charge is 2.12. The molecule has 0 aliphatic carbocycles. The van der Waals surface area contributed by atoms with Crippen molar-refractivity contribution in [3.63, 3.8) is 0 Å². The Morgan fingerprint density at radius 3 is 2.62 bits per heavy atom. The number of aliphatic hydroxyl groups excluding tert-OH is 1. The van der Waals surface area contributed by atoms with Crippen molar-refractivity contribution in [1.29, 1.82) is 0 Å². The Kier molecular flexibility index (Phi) is 3.64. The van der Waals surface area contributed by atoms with Crippen LogP contribution in [0.1, 0.15) is 36.3 Å².